The number of nitrogens with zero attached hydrogens (tertiary/aromatic N) is 2. The van der Waals surface area contributed by atoms with Crippen molar-refractivity contribution in [2.24, 2.45) is 0 Å². The number of nitrogens with one attached hydrogen (secondary N) is 1. The fourth-order valence-electron chi connectivity index (χ4n) is 1.37. The Bertz CT molecular complexity index is 695. The van der Waals surface area contributed by atoms with Crippen molar-refractivity contribution in [3.8, 4) is 0 Å². The molecule has 0 spiro atoms. The number of halogens is 6. The van der Waals surface area contributed by atoms with E-state index >= 15 is 0 Å². The second kappa shape index (κ2) is 6.10. The molecular weight excluding hydrogens is 352 g/mol. The molecule has 0 unspecified atom stereocenters. The smallest absolute Gasteiger partial charge is 0.399 e. The molecule has 0 radical (unpaired) electrons. The van der Waals surface area contributed by atoms with Crippen LogP contribution < -0.4 is 5.32 Å². The monoisotopic (exact) mass is 357 g/mol. The summed E-state index contributed by atoms with van der Waals surface area (Å²) in [6.45, 7) is 0. The molecule has 1 N–H and O–H groups in total. The Balaban J connectivity index is 2.05. The Kier molecular flexibility index (Phi) is 4.54. The van der Waals surface area contributed by atoms with Gasteiger partial charge in [-0.05, 0) is 36.0 Å². The van der Waals surface area contributed by atoms with Crippen LogP contribution in [0.5, 0.6) is 0 Å². The number of rotatable bonds is 3. The van der Waals surface area contributed by atoms with E-state index in [-0.39, 0.29) is 22.2 Å². The molecule has 1 heterocycles. The Labute approximate surface area is 128 Å². The molecule has 0 saturated carbocycles. The predicted molar refractivity (Wildman–Crippen MR) is 65.6 cm³/mol. The van der Waals surface area contributed by atoms with Crippen LogP contribution >= 0.6 is 11.8 Å². The quantitative estimate of drug-likeness (QED) is 0.665. The average Bonchev–Trinajstić information content (AvgIpc) is 2.86. The minimum absolute atomic E-state index is 0.0942. The first-order chi connectivity index (χ1) is 10.5. The highest BCUT2D eigenvalue weighted by atomic mass is 32.2. The van der Waals surface area contributed by atoms with Crippen molar-refractivity contribution in [3.05, 3.63) is 35.7 Å². The minimum atomic E-state index is -4.85. The number of carbonyl (C=O) groups is 1. The lowest BCUT2D eigenvalue weighted by Gasteiger charge is -2.06. The van der Waals surface area contributed by atoms with Crippen LogP contribution in [0.15, 0.2) is 33.6 Å². The summed E-state index contributed by atoms with van der Waals surface area (Å²) in [6, 6.07) is 3.45. The first-order valence-electron chi connectivity index (χ1n) is 5.62. The predicted octanol–water partition coefficient (Wildman–Crippen LogP) is 3.95. The van der Waals surface area contributed by atoms with Gasteiger partial charge >= 0.3 is 23.6 Å². The average molecular weight is 357 g/mol. The van der Waals surface area contributed by atoms with E-state index in [1.165, 1.54) is 0 Å². The van der Waals surface area contributed by atoms with Crippen LogP contribution in [-0.2, 0) is 6.18 Å². The number of anilines is 1. The third-order valence-electron chi connectivity index (χ3n) is 2.24. The number of thioether (sulfide) groups is 1. The van der Waals surface area contributed by atoms with Gasteiger partial charge in [0.1, 0.15) is 0 Å². The van der Waals surface area contributed by atoms with Gasteiger partial charge in [0.2, 0.25) is 0 Å². The maximum absolute atomic E-state index is 12.2. The van der Waals surface area contributed by atoms with Crippen molar-refractivity contribution in [1.82, 2.24) is 10.2 Å². The van der Waals surface area contributed by atoms with Crippen molar-refractivity contribution in [2.75, 3.05) is 5.32 Å². The van der Waals surface area contributed by atoms with Crippen molar-refractivity contribution < 1.29 is 35.6 Å². The van der Waals surface area contributed by atoms with E-state index in [2.05, 4.69) is 14.6 Å². The summed E-state index contributed by atoms with van der Waals surface area (Å²) in [5, 5.41) is 7.61. The number of alkyl halides is 6. The van der Waals surface area contributed by atoms with Crippen LogP contribution in [0.3, 0.4) is 0 Å². The van der Waals surface area contributed by atoms with E-state index < -0.39 is 29.5 Å². The summed E-state index contributed by atoms with van der Waals surface area (Å²) in [6.07, 6.45) is -4.85. The second-order valence-corrected chi connectivity index (χ2v) is 5.07. The summed E-state index contributed by atoms with van der Waals surface area (Å²) >= 11 is -0.366. The maximum atomic E-state index is 12.2. The first-order valence-corrected chi connectivity index (χ1v) is 6.44. The van der Waals surface area contributed by atoms with E-state index in [9.17, 15) is 31.1 Å². The molecule has 124 valence electrons. The van der Waals surface area contributed by atoms with Gasteiger partial charge in [-0.25, -0.2) is 0 Å². The Morgan fingerprint density at radius 3 is 2.13 bits per heavy atom. The van der Waals surface area contributed by atoms with E-state index in [4.69, 9.17) is 0 Å². The van der Waals surface area contributed by atoms with Gasteiger partial charge in [0.05, 0.1) is 0 Å². The van der Waals surface area contributed by atoms with E-state index in [0.29, 0.717) is 0 Å². The topological polar surface area (TPSA) is 68.0 Å². The van der Waals surface area contributed by atoms with Crippen LogP contribution in [0.1, 0.15) is 16.2 Å². The highest BCUT2D eigenvalue weighted by molar-refractivity contribution is 8.00. The summed E-state index contributed by atoms with van der Waals surface area (Å²) in [5.74, 6) is -2.55. The molecule has 1 aromatic heterocycles. The molecule has 1 aromatic carbocycles. The second-order valence-electron chi connectivity index (χ2n) is 3.94. The zero-order valence-electron chi connectivity index (χ0n) is 10.7. The molecule has 0 fully saturated rings. The van der Waals surface area contributed by atoms with Crippen molar-refractivity contribution in [1.29, 1.82) is 0 Å². The third kappa shape index (κ3) is 4.87. The van der Waals surface area contributed by atoms with E-state index in [1.807, 2.05) is 5.32 Å². The van der Waals surface area contributed by atoms with Crippen molar-refractivity contribution in [3.63, 3.8) is 0 Å². The molecule has 0 saturated heterocycles. The molecule has 2 aromatic rings. The lowest BCUT2D eigenvalue weighted by molar-refractivity contribution is -0.156. The lowest BCUT2D eigenvalue weighted by Crippen LogP contribution is -2.12. The zero-order valence-corrected chi connectivity index (χ0v) is 11.5. The molecule has 0 aliphatic heterocycles. The first kappa shape index (κ1) is 17.1. The van der Waals surface area contributed by atoms with E-state index in [1.54, 1.807) is 0 Å². The lowest BCUT2D eigenvalue weighted by atomic mass is 10.2. The van der Waals surface area contributed by atoms with Gasteiger partial charge in [-0.2, -0.15) is 26.3 Å². The maximum Gasteiger partial charge on any atom is 0.470 e. The zero-order chi connectivity index (χ0) is 17.3. The third-order valence-corrected chi connectivity index (χ3v) is 2.98. The van der Waals surface area contributed by atoms with Crippen LogP contribution in [-0.4, -0.2) is 21.6 Å². The van der Waals surface area contributed by atoms with Crippen LogP contribution in [0, 0.1) is 0 Å². The SMILES string of the molecule is O=C(Nc1nnc(C(F)(F)F)o1)c1ccc(SC(F)(F)F)cc1. The summed E-state index contributed by atoms with van der Waals surface area (Å²) in [7, 11) is 0. The standard InChI is InChI=1S/C11H5F6N3O2S/c12-10(13,14)8-19-20-9(22-8)18-7(21)5-1-3-6(4-2-5)23-11(15,16)17/h1-4H,(H,18,20,21). The van der Waals surface area contributed by atoms with Crippen LogP contribution in [0.25, 0.3) is 0 Å². The molecule has 0 aliphatic rings. The Hall–Kier alpha value is -2.24. The van der Waals surface area contributed by atoms with Gasteiger partial charge in [0, 0.05) is 10.5 Å². The van der Waals surface area contributed by atoms with Crippen molar-refractivity contribution >= 4 is 23.7 Å². The molecule has 2 rings (SSSR count). The number of hydrogen-bond donors (Lipinski definition) is 1. The number of benzene rings is 1. The summed E-state index contributed by atoms with van der Waals surface area (Å²) < 4.78 is 77.4. The van der Waals surface area contributed by atoms with Gasteiger partial charge in [-0.1, -0.05) is 5.10 Å². The summed E-state index contributed by atoms with van der Waals surface area (Å²) in [4.78, 5) is 11.6. The van der Waals surface area contributed by atoms with Gasteiger partial charge < -0.3 is 4.42 Å². The fourth-order valence-corrected chi connectivity index (χ4v) is 1.90. The molecule has 23 heavy (non-hydrogen) atoms. The largest absolute Gasteiger partial charge is 0.470 e. The molecule has 0 atom stereocenters. The van der Waals surface area contributed by atoms with Crippen molar-refractivity contribution in [2.45, 2.75) is 16.6 Å². The van der Waals surface area contributed by atoms with E-state index in [0.717, 1.165) is 24.3 Å². The molecular formula is C11H5F6N3O2S. The summed E-state index contributed by atoms with van der Waals surface area (Å²) in [5.41, 5.74) is -4.56. The van der Waals surface area contributed by atoms with Crippen LogP contribution in [0.4, 0.5) is 32.4 Å². The molecule has 5 nitrogen and oxygen atoms in total. The fraction of sp³-hybridized carbons (Fsp3) is 0.182. The molecule has 0 aliphatic carbocycles. The number of carbonyl (C=O) groups excluding carboxylic acids is 1. The highest BCUT2D eigenvalue weighted by Gasteiger charge is 2.38. The molecule has 12 heteroatoms. The molecule has 0 bridgehead atoms. The Morgan fingerprint density at radius 1 is 1.04 bits per heavy atom. The number of aromatic nitrogens is 2. The van der Waals surface area contributed by atoms with Gasteiger partial charge in [-0.15, -0.1) is 5.10 Å². The van der Waals surface area contributed by atoms with Gasteiger partial charge in [-0.3, -0.25) is 10.1 Å². The van der Waals surface area contributed by atoms with Gasteiger partial charge in [0.25, 0.3) is 5.91 Å². The molecule has 1 amide bonds. The normalized spacial score (nSPS) is 12.3. The highest BCUT2D eigenvalue weighted by Crippen LogP contribution is 2.36. The Morgan fingerprint density at radius 2 is 1.65 bits per heavy atom. The van der Waals surface area contributed by atoms with Crippen LogP contribution in [0.2, 0.25) is 0 Å². The number of amides is 1. The number of hydrogen-bond acceptors (Lipinski definition) is 5. The minimum Gasteiger partial charge on any atom is -0.399 e. The van der Waals surface area contributed by atoms with Gasteiger partial charge in [0.15, 0.2) is 0 Å².